The molecule has 4 nitrogen and oxygen atoms in total. The fourth-order valence-corrected chi connectivity index (χ4v) is 1.91. The van der Waals surface area contributed by atoms with E-state index in [1.54, 1.807) is 6.26 Å². The topological polar surface area (TPSA) is 58.3 Å². The predicted molar refractivity (Wildman–Crippen MR) is 51.6 cm³/mol. The smallest absolute Gasteiger partial charge is 0.180 e. The molecule has 1 saturated carbocycles. The third kappa shape index (κ3) is 2.33. The van der Waals surface area contributed by atoms with Crippen molar-refractivity contribution in [1.82, 2.24) is 10.3 Å². The maximum atomic E-state index is 9.69. The van der Waals surface area contributed by atoms with Crippen LogP contribution in [0, 0.1) is 0 Å². The lowest BCUT2D eigenvalue weighted by atomic mass is 9.92. The molecule has 1 aromatic rings. The Balaban J connectivity index is 1.79. The molecule has 14 heavy (non-hydrogen) atoms. The SMILES string of the molecule is O[C@@H]1CCCC[C@H]1NCc1cocn1. The Morgan fingerprint density at radius 3 is 3.07 bits per heavy atom. The van der Waals surface area contributed by atoms with Gasteiger partial charge in [0.2, 0.25) is 0 Å². The van der Waals surface area contributed by atoms with E-state index in [9.17, 15) is 5.11 Å². The van der Waals surface area contributed by atoms with Gasteiger partial charge in [0.25, 0.3) is 0 Å². The number of aliphatic hydroxyl groups is 1. The van der Waals surface area contributed by atoms with E-state index >= 15 is 0 Å². The second kappa shape index (κ2) is 4.57. The molecule has 0 spiro atoms. The van der Waals surface area contributed by atoms with E-state index in [0.29, 0.717) is 6.54 Å². The number of hydrogen-bond acceptors (Lipinski definition) is 4. The summed E-state index contributed by atoms with van der Waals surface area (Å²) in [5, 5.41) is 13.0. The zero-order chi connectivity index (χ0) is 9.80. The number of aliphatic hydroxyl groups excluding tert-OH is 1. The van der Waals surface area contributed by atoms with Crippen LogP contribution in [0.15, 0.2) is 17.1 Å². The minimum atomic E-state index is -0.198. The molecule has 78 valence electrons. The van der Waals surface area contributed by atoms with Crippen LogP contribution < -0.4 is 5.32 Å². The lowest BCUT2D eigenvalue weighted by Crippen LogP contribution is -2.41. The number of oxazole rings is 1. The first-order valence-electron chi connectivity index (χ1n) is 5.15. The minimum absolute atomic E-state index is 0.198. The molecule has 2 rings (SSSR count). The van der Waals surface area contributed by atoms with E-state index in [2.05, 4.69) is 10.3 Å². The number of nitrogens with zero attached hydrogens (tertiary/aromatic N) is 1. The zero-order valence-corrected chi connectivity index (χ0v) is 8.15. The summed E-state index contributed by atoms with van der Waals surface area (Å²) in [4.78, 5) is 4.01. The van der Waals surface area contributed by atoms with Gasteiger partial charge < -0.3 is 14.8 Å². The van der Waals surface area contributed by atoms with Gasteiger partial charge in [0.1, 0.15) is 6.26 Å². The summed E-state index contributed by atoms with van der Waals surface area (Å²) in [6, 6.07) is 0.223. The molecule has 2 atom stereocenters. The number of nitrogens with one attached hydrogen (secondary N) is 1. The number of hydrogen-bond donors (Lipinski definition) is 2. The van der Waals surface area contributed by atoms with Gasteiger partial charge in [0.05, 0.1) is 11.8 Å². The summed E-state index contributed by atoms with van der Waals surface area (Å²) in [7, 11) is 0. The maximum Gasteiger partial charge on any atom is 0.180 e. The average molecular weight is 196 g/mol. The quantitative estimate of drug-likeness (QED) is 0.759. The second-order valence-corrected chi connectivity index (χ2v) is 3.82. The number of rotatable bonds is 3. The van der Waals surface area contributed by atoms with E-state index < -0.39 is 0 Å². The van der Waals surface area contributed by atoms with E-state index in [1.165, 1.54) is 12.8 Å². The van der Waals surface area contributed by atoms with E-state index in [1.807, 2.05) is 0 Å². The minimum Gasteiger partial charge on any atom is -0.451 e. The van der Waals surface area contributed by atoms with Gasteiger partial charge in [0.15, 0.2) is 6.39 Å². The molecule has 0 bridgehead atoms. The standard InChI is InChI=1S/C10H16N2O2/c13-10-4-2-1-3-9(10)11-5-8-6-14-7-12-8/h6-7,9-11,13H,1-5H2/t9-,10-/m1/s1. The molecule has 0 saturated heterocycles. The molecule has 0 unspecified atom stereocenters. The van der Waals surface area contributed by atoms with Crippen LogP contribution in [0.1, 0.15) is 31.4 Å². The van der Waals surface area contributed by atoms with Crippen LogP contribution in [0.5, 0.6) is 0 Å². The molecule has 4 heteroatoms. The Morgan fingerprint density at radius 1 is 1.50 bits per heavy atom. The second-order valence-electron chi connectivity index (χ2n) is 3.82. The fourth-order valence-electron chi connectivity index (χ4n) is 1.91. The van der Waals surface area contributed by atoms with Gasteiger partial charge in [-0.2, -0.15) is 0 Å². The first-order chi connectivity index (χ1) is 6.86. The monoisotopic (exact) mass is 196 g/mol. The predicted octanol–water partition coefficient (Wildman–Crippen LogP) is 1.07. The van der Waals surface area contributed by atoms with Crippen LogP contribution in [0.25, 0.3) is 0 Å². The molecule has 0 aliphatic heterocycles. The van der Waals surface area contributed by atoms with Gasteiger partial charge in [0, 0.05) is 12.6 Å². The number of aromatic nitrogens is 1. The largest absolute Gasteiger partial charge is 0.451 e. The van der Waals surface area contributed by atoms with Gasteiger partial charge in [-0.1, -0.05) is 12.8 Å². The highest BCUT2D eigenvalue weighted by Crippen LogP contribution is 2.18. The third-order valence-electron chi connectivity index (χ3n) is 2.76. The Morgan fingerprint density at radius 2 is 2.36 bits per heavy atom. The Kier molecular flexibility index (Phi) is 3.16. The van der Waals surface area contributed by atoms with Gasteiger partial charge >= 0.3 is 0 Å². The van der Waals surface area contributed by atoms with Gasteiger partial charge in [-0.05, 0) is 12.8 Å². The van der Waals surface area contributed by atoms with Crippen LogP contribution in [0.3, 0.4) is 0 Å². The van der Waals surface area contributed by atoms with Crippen LogP contribution >= 0.6 is 0 Å². The van der Waals surface area contributed by atoms with Crippen molar-refractivity contribution >= 4 is 0 Å². The highest BCUT2D eigenvalue weighted by molar-refractivity contribution is 4.92. The molecule has 1 aliphatic rings. The van der Waals surface area contributed by atoms with Crippen molar-refractivity contribution in [2.75, 3.05) is 0 Å². The van der Waals surface area contributed by atoms with Crippen molar-refractivity contribution in [3.8, 4) is 0 Å². The van der Waals surface area contributed by atoms with Crippen molar-refractivity contribution in [2.45, 2.75) is 44.4 Å². The van der Waals surface area contributed by atoms with Crippen LogP contribution in [-0.4, -0.2) is 22.2 Å². The summed E-state index contributed by atoms with van der Waals surface area (Å²) in [6.07, 6.45) is 7.17. The van der Waals surface area contributed by atoms with Crippen LogP contribution in [0.4, 0.5) is 0 Å². The third-order valence-corrected chi connectivity index (χ3v) is 2.76. The van der Waals surface area contributed by atoms with Crippen molar-refractivity contribution in [3.63, 3.8) is 0 Å². The van der Waals surface area contributed by atoms with Gasteiger partial charge in [-0.3, -0.25) is 0 Å². The first kappa shape index (κ1) is 9.68. The molecule has 1 fully saturated rings. The van der Waals surface area contributed by atoms with Crippen molar-refractivity contribution in [3.05, 3.63) is 18.4 Å². The highest BCUT2D eigenvalue weighted by atomic mass is 16.3. The molecule has 2 N–H and O–H groups in total. The maximum absolute atomic E-state index is 9.69. The summed E-state index contributed by atoms with van der Waals surface area (Å²) in [5.41, 5.74) is 0.891. The Bertz CT molecular complexity index is 261. The van der Waals surface area contributed by atoms with E-state index in [0.717, 1.165) is 25.0 Å². The summed E-state index contributed by atoms with van der Waals surface area (Å²) in [6.45, 7) is 0.679. The molecule has 1 aromatic heterocycles. The van der Waals surface area contributed by atoms with Gasteiger partial charge in [-0.15, -0.1) is 0 Å². The lowest BCUT2D eigenvalue weighted by molar-refractivity contribution is 0.0901. The average Bonchev–Trinajstić information content (AvgIpc) is 2.69. The van der Waals surface area contributed by atoms with Crippen molar-refractivity contribution in [1.29, 1.82) is 0 Å². The molecular formula is C10H16N2O2. The Hall–Kier alpha value is -0.870. The zero-order valence-electron chi connectivity index (χ0n) is 8.15. The summed E-state index contributed by atoms with van der Waals surface area (Å²) >= 11 is 0. The van der Waals surface area contributed by atoms with E-state index in [4.69, 9.17) is 4.42 Å². The highest BCUT2D eigenvalue weighted by Gasteiger charge is 2.22. The molecular weight excluding hydrogens is 180 g/mol. The summed E-state index contributed by atoms with van der Waals surface area (Å²) < 4.78 is 4.87. The van der Waals surface area contributed by atoms with Crippen LogP contribution in [0.2, 0.25) is 0 Å². The molecule has 0 radical (unpaired) electrons. The van der Waals surface area contributed by atoms with Crippen molar-refractivity contribution < 1.29 is 9.52 Å². The van der Waals surface area contributed by atoms with Gasteiger partial charge in [-0.25, -0.2) is 4.98 Å². The molecule has 1 heterocycles. The molecule has 0 aromatic carbocycles. The molecule has 1 aliphatic carbocycles. The van der Waals surface area contributed by atoms with Crippen LogP contribution in [-0.2, 0) is 6.54 Å². The summed E-state index contributed by atoms with van der Waals surface area (Å²) in [5.74, 6) is 0. The van der Waals surface area contributed by atoms with Crippen molar-refractivity contribution in [2.24, 2.45) is 0 Å². The fraction of sp³-hybridized carbons (Fsp3) is 0.700. The normalized spacial score (nSPS) is 27.8. The van der Waals surface area contributed by atoms with E-state index in [-0.39, 0.29) is 12.1 Å². The first-order valence-corrected chi connectivity index (χ1v) is 5.15. The Labute approximate surface area is 83.3 Å². The lowest BCUT2D eigenvalue weighted by Gasteiger charge is -2.28. The molecule has 0 amide bonds.